The number of nitrogens with two attached hydrogens (primary N) is 1. The van der Waals surface area contributed by atoms with E-state index in [9.17, 15) is 0 Å². The smallest absolute Gasteiger partial charge is 0.185 e. The molecule has 1 aliphatic rings. The minimum atomic E-state index is 0.595. The summed E-state index contributed by atoms with van der Waals surface area (Å²) in [6, 6.07) is 0. The van der Waals surface area contributed by atoms with Gasteiger partial charge in [0, 0.05) is 30.7 Å². The number of nitrogens with zero attached hydrogens (tertiary/aromatic N) is 2. The molecule has 0 aliphatic carbocycles. The molecule has 2 heterocycles. The zero-order chi connectivity index (χ0) is 9.97. The van der Waals surface area contributed by atoms with Gasteiger partial charge in [0.15, 0.2) is 5.13 Å². The Kier molecular flexibility index (Phi) is 2.84. The minimum Gasteiger partial charge on any atom is -0.347 e. The fourth-order valence-electron chi connectivity index (χ4n) is 1.55. The highest BCUT2D eigenvalue weighted by molar-refractivity contribution is 7.15. The number of piperidine rings is 1. The molecule has 0 bridgehead atoms. The van der Waals surface area contributed by atoms with E-state index in [0.717, 1.165) is 35.9 Å². The van der Waals surface area contributed by atoms with Gasteiger partial charge in [-0.05, 0) is 12.8 Å². The van der Waals surface area contributed by atoms with Gasteiger partial charge in [0.05, 0.1) is 0 Å². The zero-order valence-corrected chi connectivity index (χ0v) is 9.02. The summed E-state index contributed by atoms with van der Waals surface area (Å²) in [6.07, 6.45) is 4.07. The Labute approximate surface area is 88.3 Å². The third-order valence-electron chi connectivity index (χ3n) is 2.48. The predicted octanol–water partition coefficient (Wildman–Crippen LogP) is 1.76. The van der Waals surface area contributed by atoms with Crippen LogP contribution in [0.4, 0.5) is 5.13 Å². The van der Waals surface area contributed by atoms with E-state index in [1.807, 2.05) is 6.20 Å². The number of hydrogen-bond acceptors (Lipinski definition) is 4. The molecule has 0 aromatic carbocycles. The summed E-state index contributed by atoms with van der Waals surface area (Å²) in [5, 5.41) is 1.11. The molecule has 76 valence electrons. The molecular formula is C10H15N3S. The molecule has 2 N–H and O–H groups in total. The van der Waals surface area contributed by atoms with E-state index in [1.54, 1.807) is 11.3 Å². The van der Waals surface area contributed by atoms with Crippen molar-refractivity contribution in [2.45, 2.75) is 19.4 Å². The average Bonchev–Trinajstić information content (AvgIpc) is 2.67. The quantitative estimate of drug-likeness (QED) is 0.755. The SMILES string of the molecule is C=C1CCN(c2ncc(CN)s2)CC1. The van der Waals surface area contributed by atoms with Crippen molar-refractivity contribution in [2.75, 3.05) is 18.0 Å². The molecule has 1 fully saturated rings. The van der Waals surface area contributed by atoms with Crippen molar-refractivity contribution in [1.82, 2.24) is 4.98 Å². The first-order chi connectivity index (χ1) is 6.79. The van der Waals surface area contributed by atoms with Gasteiger partial charge in [-0.2, -0.15) is 0 Å². The molecule has 0 unspecified atom stereocenters. The van der Waals surface area contributed by atoms with Crippen molar-refractivity contribution in [2.24, 2.45) is 5.73 Å². The topological polar surface area (TPSA) is 42.2 Å². The van der Waals surface area contributed by atoms with Gasteiger partial charge in [0.1, 0.15) is 0 Å². The highest BCUT2D eigenvalue weighted by Gasteiger charge is 2.15. The third-order valence-corrected chi connectivity index (χ3v) is 3.56. The van der Waals surface area contributed by atoms with Crippen LogP contribution in [0.5, 0.6) is 0 Å². The Morgan fingerprint density at radius 2 is 2.21 bits per heavy atom. The largest absolute Gasteiger partial charge is 0.347 e. The van der Waals surface area contributed by atoms with E-state index in [-0.39, 0.29) is 0 Å². The van der Waals surface area contributed by atoms with Gasteiger partial charge >= 0.3 is 0 Å². The molecule has 4 heteroatoms. The highest BCUT2D eigenvalue weighted by atomic mass is 32.1. The molecule has 14 heavy (non-hydrogen) atoms. The van der Waals surface area contributed by atoms with E-state index in [4.69, 9.17) is 5.73 Å². The second-order valence-electron chi connectivity index (χ2n) is 3.55. The zero-order valence-electron chi connectivity index (χ0n) is 8.20. The number of hydrogen-bond donors (Lipinski definition) is 1. The van der Waals surface area contributed by atoms with Crippen LogP contribution in [-0.4, -0.2) is 18.1 Å². The van der Waals surface area contributed by atoms with Gasteiger partial charge in [-0.15, -0.1) is 11.3 Å². The molecule has 0 radical (unpaired) electrons. The predicted molar refractivity (Wildman–Crippen MR) is 60.6 cm³/mol. The van der Waals surface area contributed by atoms with Crippen molar-refractivity contribution >= 4 is 16.5 Å². The molecule has 2 rings (SSSR count). The van der Waals surface area contributed by atoms with Crippen LogP contribution >= 0.6 is 11.3 Å². The Morgan fingerprint density at radius 3 is 2.79 bits per heavy atom. The lowest BCUT2D eigenvalue weighted by Gasteiger charge is -2.27. The molecule has 0 amide bonds. The molecule has 0 saturated carbocycles. The van der Waals surface area contributed by atoms with Gasteiger partial charge in [-0.25, -0.2) is 4.98 Å². The van der Waals surface area contributed by atoms with Crippen molar-refractivity contribution in [3.63, 3.8) is 0 Å². The fourth-order valence-corrected chi connectivity index (χ4v) is 2.39. The normalized spacial score (nSPS) is 17.5. The Bertz CT molecular complexity index is 322. The summed E-state index contributed by atoms with van der Waals surface area (Å²) in [5.41, 5.74) is 6.91. The summed E-state index contributed by atoms with van der Waals surface area (Å²) in [4.78, 5) is 7.85. The van der Waals surface area contributed by atoms with E-state index in [0.29, 0.717) is 6.54 Å². The lowest BCUT2D eigenvalue weighted by atomic mass is 10.1. The number of rotatable bonds is 2. The molecule has 1 saturated heterocycles. The van der Waals surface area contributed by atoms with Crippen molar-refractivity contribution in [3.05, 3.63) is 23.2 Å². The van der Waals surface area contributed by atoms with Crippen LogP contribution in [0.2, 0.25) is 0 Å². The molecular weight excluding hydrogens is 194 g/mol. The van der Waals surface area contributed by atoms with E-state index >= 15 is 0 Å². The lowest BCUT2D eigenvalue weighted by Crippen LogP contribution is -2.30. The fraction of sp³-hybridized carbons (Fsp3) is 0.500. The third kappa shape index (κ3) is 1.96. The summed E-state index contributed by atoms with van der Waals surface area (Å²) in [6.45, 7) is 6.70. The van der Waals surface area contributed by atoms with Crippen LogP contribution in [0.25, 0.3) is 0 Å². The number of thiazole rings is 1. The van der Waals surface area contributed by atoms with Crippen molar-refractivity contribution in [1.29, 1.82) is 0 Å². The summed E-state index contributed by atoms with van der Waals surface area (Å²) in [7, 11) is 0. The first-order valence-corrected chi connectivity index (χ1v) is 5.67. The van der Waals surface area contributed by atoms with Gasteiger partial charge in [-0.1, -0.05) is 12.2 Å². The van der Waals surface area contributed by atoms with Crippen LogP contribution < -0.4 is 10.6 Å². The van der Waals surface area contributed by atoms with Gasteiger partial charge in [0.25, 0.3) is 0 Å². The Balaban J connectivity index is 2.04. The van der Waals surface area contributed by atoms with Crippen LogP contribution in [0.15, 0.2) is 18.3 Å². The molecule has 1 aliphatic heterocycles. The highest BCUT2D eigenvalue weighted by Crippen LogP contribution is 2.26. The van der Waals surface area contributed by atoms with Gasteiger partial charge in [0.2, 0.25) is 0 Å². The molecule has 3 nitrogen and oxygen atoms in total. The molecule has 0 atom stereocenters. The Morgan fingerprint density at radius 1 is 1.50 bits per heavy atom. The summed E-state index contributed by atoms with van der Waals surface area (Å²) >= 11 is 1.70. The van der Waals surface area contributed by atoms with Crippen LogP contribution in [0.3, 0.4) is 0 Å². The van der Waals surface area contributed by atoms with Crippen LogP contribution in [0, 0.1) is 0 Å². The Hall–Kier alpha value is -0.870. The van der Waals surface area contributed by atoms with Crippen LogP contribution in [0.1, 0.15) is 17.7 Å². The van der Waals surface area contributed by atoms with Crippen molar-refractivity contribution < 1.29 is 0 Å². The monoisotopic (exact) mass is 209 g/mol. The number of anilines is 1. The van der Waals surface area contributed by atoms with Gasteiger partial charge in [-0.3, -0.25) is 0 Å². The summed E-state index contributed by atoms with van der Waals surface area (Å²) < 4.78 is 0. The van der Waals surface area contributed by atoms with Gasteiger partial charge < -0.3 is 10.6 Å². The van der Waals surface area contributed by atoms with Crippen molar-refractivity contribution in [3.8, 4) is 0 Å². The summed E-state index contributed by atoms with van der Waals surface area (Å²) in [5.74, 6) is 0. The second kappa shape index (κ2) is 4.11. The molecule has 0 spiro atoms. The van der Waals surface area contributed by atoms with E-state index < -0.39 is 0 Å². The maximum Gasteiger partial charge on any atom is 0.185 e. The average molecular weight is 209 g/mol. The number of aromatic nitrogens is 1. The van der Waals surface area contributed by atoms with Crippen LogP contribution in [-0.2, 0) is 6.54 Å². The minimum absolute atomic E-state index is 0.595. The molecule has 1 aromatic rings. The first-order valence-electron chi connectivity index (χ1n) is 4.86. The van der Waals surface area contributed by atoms with E-state index in [1.165, 1.54) is 5.57 Å². The molecule has 1 aromatic heterocycles. The lowest BCUT2D eigenvalue weighted by molar-refractivity contribution is 0.685. The maximum absolute atomic E-state index is 5.55. The van der Waals surface area contributed by atoms with E-state index in [2.05, 4.69) is 16.5 Å². The maximum atomic E-state index is 5.55. The standard InChI is InChI=1S/C10H15N3S/c1-8-2-4-13(5-3-8)10-12-7-9(6-11)14-10/h7H,1-6,11H2. The first kappa shape index (κ1) is 9.68. The second-order valence-corrected chi connectivity index (χ2v) is 4.64.